The first-order chi connectivity index (χ1) is 20.5. The van der Waals surface area contributed by atoms with Gasteiger partial charge in [0.15, 0.2) is 5.78 Å². The number of amides is 3. The van der Waals surface area contributed by atoms with E-state index in [1.54, 1.807) is 19.1 Å². The van der Waals surface area contributed by atoms with Crippen LogP contribution >= 0.6 is 0 Å². The minimum atomic E-state index is -0.887. The molecule has 0 aliphatic heterocycles. The van der Waals surface area contributed by atoms with Gasteiger partial charge in [0.1, 0.15) is 17.8 Å². The maximum atomic E-state index is 13.1. The Morgan fingerprint density at radius 3 is 1.67 bits per heavy atom. The summed E-state index contributed by atoms with van der Waals surface area (Å²) in [5.41, 5.74) is 0.790. The summed E-state index contributed by atoms with van der Waals surface area (Å²) < 4.78 is 0. The lowest BCUT2D eigenvalue weighted by molar-refractivity contribution is -0.133. The number of aromatic hydroxyl groups is 1. The van der Waals surface area contributed by atoms with Crippen LogP contribution in [0.3, 0.4) is 0 Å². The van der Waals surface area contributed by atoms with E-state index in [-0.39, 0.29) is 29.8 Å². The molecule has 43 heavy (non-hydrogen) atoms. The van der Waals surface area contributed by atoms with Gasteiger partial charge in [-0.25, -0.2) is 0 Å². The van der Waals surface area contributed by atoms with E-state index in [9.17, 15) is 24.3 Å². The molecule has 1 aromatic rings. The number of ketones is 1. The van der Waals surface area contributed by atoms with Gasteiger partial charge >= 0.3 is 0 Å². The van der Waals surface area contributed by atoms with Crippen LogP contribution in [-0.2, 0) is 25.6 Å². The molecule has 0 spiro atoms. The van der Waals surface area contributed by atoms with Crippen molar-refractivity contribution in [3.8, 4) is 5.75 Å². The van der Waals surface area contributed by atoms with Crippen molar-refractivity contribution in [2.45, 2.75) is 155 Å². The average Bonchev–Trinajstić information content (AvgIpc) is 2.95. The molecule has 0 aromatic heterocycles. The normalized spacial score (nSPS) is 13.3. The summed E-state index contributed by atoms with van der Waals surface area (Å²) in [6.07, 6.45) is 17.2. The molecule has 8 nitrogen and oxygen atoms in total. The van der Waals surface area contributed by atoms with Gasteiger partial charge in [-0.15, -0.1) is 0 Å². The van der Waals surface area contributed by atoms with Crippen LogP contribution in [-0.4, -0.2) is 46.7 Å². The van der Waals surface area contributed by atoms with Gasteiger partial charge in [-0.2, -0.15) is 0 Å². The van der Waals surface area contributed by atoms with Crippen LogP contribution in [0.4, 0.5) is 0 Å². The number of phenols is 1. The second-order valence-electron chi connectivity index (χ2n) is 12.5. The number of Topliss-reactive ketones (excluding diaryl/α,β-unsaturated/α-hetero) is 1. The molecule has 3 amide bonds. The van der Waals surface area contributed by atoms with Crippen molar-refractivity contribution in [1.82, 2.24) is 16.0 Å². The molecular formula is C35H59N3O5. The number of carbonyl (C=O) groups excluding carboxylic acids is 4. The van der Waals surface area contributed by atoms with Crippen molar-refractivity contribution in [3.05, 3.63) is 29.8 Å². The van der Waals surface area contributed by atoms with Crippen LogP contribution in [0.2, 0.25) is 0 Å². The molecule has 0 aliphatic rings. The van der Waals surface area contributed by atoms with E-state index in [0.717, 1.165) is 24.8 Å². The highest BCUT2D eigenvalue weighted by molar-refractivity contribution is 5.94. The van der Waals surface area contributed by atoms with Crippen LogP contribution in [0.5, 0.6) is 5.75 Å². The van der Waals surface area contributed by atoms with Crippen molar-refractivity contribution in [1.29, 1.82) is 0 Å². The molecule has 0 bridgehead atoms. The standard InChI is InChI=1S/C35H59N3O5/c1-6-7-8-9-10-11-12-13-14-15-16-17-18-19-33(41)37-32(24-26(2)3)35(43)36-27(4)34(42)38-31(28(5)39)25-29-20-22-30(40)23-21-29/h20-23,26-27,31-32,40H,6-19,24-25H2,1-5H3,(H,36,43)(H,37,41)(H,38,42)/t27-,31?,32?/m0/s1. The zero-order valence-electron chi connectivity index (χ0n) is 27.5. The molecule has 0 aliphatic carbocycles. The minimum Gasteiger partial charge on any atom is -0.508 e. The summed E-state index contributed by atoms with van der Waals surface area (Å²) in [6, 6.07) is 4.06. The lowest BCUT2D eigenvalue weighted by atomic mass is 10.0. The van der Waals surface area contributed by atoms with Crippen LogP contribution in [0.15, 0.2) is 24.3 Å². The SMILES string of the molecule is CCCCCCCCCCCCCCCC(=O)NC(CC(C)C)C(=O)N[C@@H](C)C(=O)NC(Cc1ccc(O)cc1)C(C)=O. The highest BCUT2D eigenvalue weighted by Gasteiger charge is 2.27. The summed E-state index contributed by atoms with van der Waals surface area (Å²) in [7, 11) is 0. The summed E-state index contributed by atoms with van der Waals surface area (Å²) in [6.45, 7) is 9.18. The van der Waals surface area contributed by atoms with Gasteiger partial charge in [-0.1, -0.05) is 110 Å². The van der Waals surface area contributed by atoms with Gasteiger partial charge in [0.05, 0.1) is 6.04 Å². The molecule has 244 valence electrons. The summed E-state index contributed by atoms with van der Waals surface area (Å²) in [5.74, 6) is -0.953. The first-order valence-electron chi connectivity index (χ1n) is 16.7. The van der Waals surface area contributed by atoms with Crippen molar-refractivity contribution in [2.75, 3.05) is 0 Å². The van der Waals surface area contributed by atoms with E-state index in [4.69, 9.17) is 0 Å². The second kappa shape index (κ2) is 22.6. The molecular weight excluding hydrogens is 542 g/mol. The highest BCUT2D eigenvalue weighted by atomic mass is 16.3. The zero-order chi connectivity index (χ0) is 32.0. The number of unbranched alkanes of at least 4 members (excludes halogenated alkanes) is 12. The van der Waals surface area contributed by atoms with Gasteiger partial charge in [0.25, 0.3) is 0 Å². The Hall–Kier alpha value is -2.90. The van der Waals surface area contributed by atoms with E-state index in [2.05, 4.69) is 22.9 Å². The molecule has 2 unspecified atom stereocenters. The second-order valence-corrected chi connectivity index (χ2v) is 12.5. The topological polar surface area (TPSA) is 125 Å². The predicted octanol–water partition coefficient (Wildman–Crippen LogP) is 6.53. The molecule has 0 fully saturated rings. The highest BCUT2D eigenvalue weighted by Crippen LogP contribution is 2.14. The summed E-state index contributed by atoms with van der Waals surface area (Å²) in [4.78, 5) is 50.7. The van der Waals surface area contributed by atoms with Gasteiger partial charge in [0.2, 0.25) is 17.7 Å². The molecule has 1 rings (SSSR count). The first kappa shape index (κ1) is 38.1. The van der Waals surface area contributed by atoms with E-state index >= 15 is 0 Å². The van der Waals surface area contributed by atoms with Crippen molar-refractivity contribution in [2.24, 2.45) is 5.92 Å². The van der Waals surface area contributed by atoms with Gasteiger partial charge in [-0.05, 0) is 56.7 Å². The zero-order valence-corrected chi connectivity index (χ0v) is 27.5. The number of rotatable bonds is 24. The van der Waals surface area contributed by atoms with Crippen LogP contribution < -0.4 is 16.0 Å². The summed E-state index contributed by atoms with van der Waals surface area (Å²) in [5, 5.41) is 17.8. The lowest BCUT2D eigenvalue weighted by Gasteiger charge is -2.24. The third-order valence-electron chi connectivity index (χ3n) is 7.80. The molecule has 4 N–H and O–H groups in total. The predicted molar refractivity (Wildman–Crippen MR) is 174 cm³/mol. The number of hydrogen-bond acceptors (Lipinski definition) is 5. The Bertz CT molecular complexity index is 947. The minimum absolute atomic E-state index is 0.121. The number of benzene rings is 1. The van der Waals surface area contributed by atoms with Gasteiger partial charge in [-0.3, -0.25) is 19.2 Å². The van der Waals surface area contributed by atoms with E-state index in [1.807, 2.05) is 13.8 Å². The molecule has 1 aromatic carbocycles. The lowest BCUT2D eigenvalue weighted by Crippen LogP contribution is -2.55. The fraction of sp³-hybridized carbons (Fsp3) is 0.714. The molecule has 3 atom stereocenters. The van der Waals surface area contributed by atoms with Crippen LogP contribution in [0.1, 0.15) is 136 Å². The average molecular weight is 602 g/mol. The Balaban J connectivity index is 2.40. The maximum Gasteiger partial charge on any atom is 0.243 e. The number of carbonyl (C=O) groups is 4. The van der Waals surface area contributed by atoms with E-state index in [1.165, 1.54) is 83.3 Å². The molecule has 0 saturated heterocycles. The smallest absolute Gasteiger partial charge is 0.243 e. The third-order valence-corrected chi connectivity index (χ3v) is 7.80. The third kappa shape index (κ3) is 18.4. The van der Waals surface area contributed by atoms with E-state index in [0.29, 0.717) is 12.8 Å². The van der Waals surface area contributed by atoms with Crippen molar-refractivity contribution < 1.29 is 24.3 Å². The number of phenolic OH excluding ortho intramolecular Hbond substituents is 1. The number of nitrogens with one attached hydrogen (secondary N) is 3. The molecule has 0 radical (unpaired) electrons. The summed E-state index contributed by atoms with van der Waals surface area (Å²) >= 11 is 0. The first-order valence-corrected chi connectivity index (χ1v) is 16.7. The quantitative estimate of drug-likeness (QED) is 0.100. The van der Waals surface area contributed by atoms with Crippen molar-refractivity contribution in [3.63, 3.8) is 0 Å². The van der Waals surface area contributed by atoms with Gasteiger partial charge < -0.3 is 21.1 Å². The van der Waals surface area contributed by atoms with Crippen molar-refractivity contribution >= 4 is 23.5 Å². The Morgan fingerprint density at radius 1 is 0.674 bits per heavy atom. The van der Waals surface area contributed by atoms with Gasteiger partial charge in [0, 0.05) is 6.42 Å². The fourth-order valence-electron chi connectivity index (χ4n) is 5.11. The maximum absolute atomic E-state index is 13.1. The Labute approximate surface area is 260 Å². The Kier molecular flexibility index (Phi) is 20.0. The number of hydrogen-bond donors (Lipinski definition) is 4. The van der Waals surface area contributed by atoms with Crippen LogP contribution in [0.25, 0.3) is 0 Å². The fourth-order valence-corrected chi connectivity index (χ4v) is 5.11. The Morgan fingerprint density at radius 2 is 1.19 bits per heavy atom. The van der Waals surface area contributed by atoms with E-state index < -0.39 is 29.9 Å². The molecule has 0 heterocycles. The monoisotopic (exact) mass is 601 g/mol. The molecule has 8 heteroatoms. The van der Waals surface area contributed by atoms with Crippen LogP contribution in [0, 0.1) is 5.92 Å². The largest absolute Gasteiger partial charge is 0.508 e. The molecule has 0 saturated carbocycles.